The van der Waals surface area contributed by atoms with Crippen LogP contribution < -0.4 is 9.64 Å². The third-order valence-corrected chi connectivity index (χ3v) is 6.65. The van der Waals surface area contributed by atoms with Crippen LogP contribution in [0, 0.1) is 17.8 Å². The lowest BCUT2D eigenvalue weighted by atomic mass is 9.92. The smallest absolute Gasteiger partial charge is 0.239 e. The average Bonchev–Trinajstić information content (AvgIpc) is 3.43. The Morgan fingerprint density at radius 2 is 1.90 bits per heavy atom. The van der Waals surface area contributed by atoms with Crippen LogP contribution in [0.3, 0.4) is 0 Å². The number of anilines is 1. The monoisotopic (exact) mass is 404 g/mol. The second kappa shape index (κ2) is 7.12. The molecule has 1 heterocycles. The second-order valence-corrected chi connectivity index (χ2v) is 8.63. The molecule has 0 N–H and O–H groups in total. The summed E-state index contributed by atoms with van der Waals surface area (Å²) in [6.07, 6.45) is 6.16. The minimum absolute atomic E-state index is 0.127. The van der Waals surface area contributed by atoms with Gasteiger partial charge < -0.3 is 4.74 Å². The number of allylic oxidation sites excluding steroid dienone is 2. The number of hydrogen-bond donors (Lipinski definition) is 0. The Balaban J connectivity index is 1.44. The van der Waals surface area contributed by atoms with Crippen molar-refractivity contribution in [1.82, 2.24) is 4.98 Å². The first kappa shape index (κ1) is 18.1. The van der Waals surface area contributed by atoms with Crippen molar-refractivity contribution >= 4 is 38.5 Å². The van der Waals surface area contributed by atoms with Gasteiger partial charge in [-0.25, -0.2) is 9.88 Å². The van der Waals surface area contributed by atoms with Crippen molar-refractivity contribution in [3.63, 3.8) is 0 Å². The molecule has 2 aliphatic rings. The maximum Gasteiger partial charge on any atom is 0.239 e. The quantitative estimate of drug-likeness (QED) is 0.562. The highest BCUT2D eigenvalue weighted by molar-refractivity contribution is 7.22. The number of imide groups is 1. The number of benzene rings is 2. The Kier molecular flexibility index (Phi) is 4.43. The van der Waals surface area contributed by atoms with Crippen LogP contribution in [0.1, 0.15) is 19.8 Å². The van der Waals surface area contributed by atoms with Gasteiger partial charge in [0.2, 0.25) is 11.8 Å². The summed E-state index contributed by atoms with van der Waals surface area (Å²) in [5, 5.41) is 0.432. The van der Waals surface area contributed by atoms with Gasteiger partial charge in [0, 0.05) is 18.9 Å². The zero-order valence-corrected chi connectivity index (χ0v) is 16.8. The van der Waals surface area contributed by atoms with E-state index in [0.717, 1.165) is 28.8 Å². The molecule has 2 amide bonds. The molecule has 1 saturated carbocycles. The number of hydrogen-bond acceptors (Lipinski definition) is 5. The van der Waals surface area contributed by atoms with E-state index in [1.54, 1.807) is 0 Å². The van der Waals surface area contributed by atoms with E-state index in [2.05, 4.69) is 17.1 Å². The van der Waals surface area contributed by atoms with Crippen LogP contribution in [0.15, 0.2) is 60.7 Å². The molecule has 5 nitrogen and oxygen atoms in total. The van der Waals surface area contributed by atoms with Crippen molar-refractivity contribution in [2.24, 2.45) is 17.8 Å². The summed E-state index contributed by atoms with van der Waals surface area (Å²) in [7, 11) is 0. The van der Waals surface area contributed by atoms with Crippen molar-refractivity contribution in [3.8, 4) is 11.5 Å². The van der Waals surface area contributed by atoms with Crippen LogP contribution in [-0.4, -0.2) is 16.8 Å². The maximum absolute atomic E-state index is 13.2. The highest BCUT2D eigenvalue weighted by Crippen LogP contribution is 2.45. The van der Waals surface area contributed by atoms with Gasteiger partial charge in [0.15, 0.2) is 5.13 Å². The van der Waals surface area contributed by atoms with Gasteiger partial charge in [0.1, 0.15) is 11.5 Å². The minimum Gasteiger partial charge on any atom is -0.457 e. The molecule has 2 bridgehead atoms. The molecule has 0 spiro atoms. The Hall–Kier alpha value is -2.99. The summed E-state index contributed by atoms with van der Waals surface area (Å²) < 4.78 is 6.76. The van der Waals surface area contributed by atoms with E-state index in [4.69, 9.17) is 4.74 Å². The van der Waals surface area contributed by atoms with Gasteiger partial charge in [-0.05, 0) is 48.9 Å². The SMILES string of the molecule is CC(=O)N(C(=O)[C@H]1CC2C=CC1C2)c1nc2ccc(Oc3ccccc3)cc2s1. The van der Waals surface area contributed by atoms with Crippen molar-refractivity contribution in [2.75, 3.05) is 4.90 Å². The molecule has 29 heavy (non-hydrogen) atoms. The molecule has 0 aliphatic heterocycles. The van der Waals surface area contributed by atoms with Crippen LogP contribution in [0.2, 0.25) is 0 Å². The molecule has 146 valence electrons. The lowest BCUT2D eigenvalue weighted by molar-refractivity contribution is -0.128. The van der Waals surface area contributed by atoms with Crippen LogP contribution in [0.4, 0.5) is 5.13 Å². The fourth-order valence-corrected chi connectivity index (χ4v) is 5.33. The largest absolute Gasteiger partial charge is 0.457 e. The van der Waals surface area contributed by atoms with E-state index in [9.17, 15) is 9.59 Å². The summed E-state index contributed by atoms with van der Waals surface area (Å²) in [6, 6.07) is 15.2. The molecule has 2 aliphatic carbocycles. The van der Waals surface area contributed by atoms with Crippen molar-refractivity contribution in [3.05, 3.63) is 60.7 Å². The molecule has 5 rings (SSSR count). The van der Waals surface area contributed by atoms with Gasteiger partial charge in [-0.3, -0.25) is 9.59 Å². The Morgan fingerprint density at radius 3 is 2.59 bits per heavy atom. The van der Waals surface area contributed by atoms with Crippen molar-refractivity contribution in [2.45, 2.75) is 19.8 Å². The van der Waals surface area contributed by atoms with Crippen molar-refractivity contribution < 1.29 is 14.3 Å². The predicted molar refractivity (Wildman–Crippen MR) is 113 cm³/mol. The normalized spacial score (nSPS) is 22.2. The Bertz CT molecular complexity index is 1120. The van der Waals surface area contributed by atoms with Gasteiger partial charge in [0.05, 0.1) is 10.2 Å². The van der Waals surface area contributed by atoms with Gasteiger partial charge in [-0.2, -0.15) is 0 Å². The van der Waals surface area contributed by atoms with Gasteiger partial charge >= 0.3 is 0 Å². The van der Waals surface area contributed by atoms with Crippen LogP contribution in [0.5, 0.6) is 11.5 Å². The molecule has 1 fully saturated rings. The number of carbonyl (C=O) groups is 2. The molecule has 2 aromatic carbocycles. The Morgan fingerprint density at radius 1 is 1.07 bits per heavy atom. The van der Waals surface area contributed by atoms with E-state index in [-0.39, 0.29) is 23.7 Å². The van der Waals surface area contributed by atoms with Crippen LogP contribution in [-0.2, 0) is 9.59 Å². The molecule has 3 aromatic rings. The van der Waals surface area contributed by atoms with E-state index < -0.39 is 0 Å². The fourth-order valence-electron chi connectivity index (χ4n) is 4.29. The number of rotatable bonds is 4. The van der Waals surface area contributed by atoms with E-state index in [0.29, 0.717) is 16.8 Å². The third-order valence-electron chi connectivity index (χ3n) is 5.65. The summed E-state index contributed by atoms with van der Waals surface area (Å²) in [6.45, 7) is 1.43. The van der Waals surface area contributed by atoms with Crippen LogP contribution in [0.25, 0.3) is 10.2 Å². The van der Waals surface area contributed by atoms with Crippen molar-refractivity contribution in [1.29, 1.82) is 0 Å². The summed E-state index contributed by atoms with van der Waals surface area (Å²) >= 11 is 1.34. The maximum atomic E-state index is 13.2. The average molecular weight is 404 g/mol. The minimum atomic E-state index is -0.290. The third kappa shape index (κ3) is 3.34. The number of ether oxygens (including phenoxy) is 1. The number of thiazole rings is 1. The lowest BCUT2D eigenvalue weighted by Crippen LogP contribution is -2.41. The molecule has 1 aromatic heterocycles. The zero-order valence-electron chi connectivity index (χ0n) is 15.9. The number of aromatic nitrogens is 1. The molecule has 6 heteroatoms. The molecule has 0 saturated heterocycles. The first-order valence-corrected chi connectivity index (χ1v) is 10.6. The summed E-state index contributed by atoms with van der Waals surface area (Å²) in [5.41, 5.74) is 0.748. The van der Waals surface area contributed by atoms with Crippen LogP contribution >= 0.6 is 11.3 Å². The van der Waals surface area contributed by atoms with Gasteiger partial charge in [-0.1, -0.05) is 41.7 Å². The lowest BCUT2D eigenvalue weighted by Gasteiger charge is -2.23. The van der Waals surface area contributed by atoms with E-state index in [1.165, 1.54) is 23.2 Å². The molecule has 0 radical (unpaired) electrons. The van der Waals surface area contributed by atoms with E-state index >= 15 is 0 Å². The number of amides is 2. The summed E-state index contributed by atoms with van der Waals surface area (Å²) in [4.78, 5) is 31.4. The molecular formula is C23H20N2O3S. The number of fused-ring (bicyclic) bond motifs is 3. The number of nitrogens with zero attached hydrogens (tertiary/aromatic N) is 2. The van der Waals surface area contributed by atoms with Gasteiger partial charge in [0.25, 0.3) is 0 Å². The standard InChI is InChI=1S/C23H20N2O3S/c1-14(26)25(22(27)19-12-15-7-8-16(19)11-15)23-24-20-10-9-18(13-21(20)29-23)28-17-5-3-2-4-6-17/h2-10,13,15-16,19H,11-12H2,1H3/t15?,16?,19-/m0/s1. The zero-order chi connectivity index (χ0) is 20.0. The highest BCUT2D eigenvalue weighted by Gasteiger charge is 2.43. The fraction of sp³-hybridized carbons (Fsp3) is 0.261. The summed E-state index contributed by atoms with van der Waals surface area (Å²) in [5.74, 6) is 1.61. The number of carbonyl (C=O) groups excluding carboxylic acids is 2. The molecular weight excluding hydrogens is 384 g/mol. The van der Waals surface area contributed by atoms with Gasteiger partial charge in [-0.15, -0.1) is 0 Å². The first-order chi connectivity index (χ1) is 14.1. The predicted octanol–water partition coefficient (Wildman–Crippen LogP) is 5.18. The van der Waals surface area contributed by atoms with E-state index in [1.807, 2.05) is 48.5 Å². The Labute approximate surface area is 172 Å². The topological polar surface area (TPSA) is 59.5 Å². The molecule has 3 atom stereocenters. The first-order valence-electron chi connectivity index (χ1n) is 9.75. The number of para-hydroxylation sites is 1. The second-order valence-electron chi connectivity index (χ2n) is 7.62. The molecule has 2 unspecified atom stereocenters. The highest BCUT2D eigenvalue weighted by atomic mass is 32.1.